The van der Waals surface area contributed by atoms with Crippen LogP contribution in [0.4, 0.5) is 5.69 Å². The minimum Gasteiger partial charge on any atom is -0.516 e. The van der Waals surface area contributed by atoms with Crippen molar-refractivity contribution in [3.8, 4) is 0 Å². The van der Waals surface area contributed by atoms with Gasteiger partial charge in [-0.2, -0.15) is 0 Å². The lowest BCUT2D eigenvalue weighted by Gasteiger charge is -2.54. The van der Waals surface area contributed by atoms with Crippen LogP contribution in [0.5, 0.6) is 0 Å². The second kappa shape index (κ2) is 9.22. The molecule has 1 amide bonds. The molecule has 1 aromatic carbocycles. The molecular formula is C28H37N3O6. The van der Waals surface area contributed by atoms with Gasteiger partial charge in [-0.1, -0.05) is 19.9 Å². The molecule has 6 N–H and O–H groups in total. The summed E-state index contributed by atoms with van der Waals surface area (Å²) >= 11 is 0. The van der Waals surface area contributed by atoms with E-state index in [1.807, 2.05) is 45.0 Å². The van der Waals surface area contributed by atoms with E-state index in [9.17, 15) is 30.0 Å². The fourth-order valence-electron chi connectivity index (χ4n) is 6.84. The van der Waals surface area contributed by atoms with Crippen molar-refractivity contribution < 1.29 is 30.0 Å². The number of allylic oxidation sites excluding steroid dienone is 1. The molecule has 1 aromatic rings. The monoisotopic (exact) mass is 511 g/mol. The maximum atomic E-state index is 14.5. The van der Waals surface area contributed by atoms with Crippen molar-refractivity contribution in [2.75, 3.05) is 33.1 Å². The Labute approximate surface area is 217 Å². The van der Waals surface area contributed by atoms with Gasteiger partial charge in [0.25, 0.3) is 5.91 Å². The molecule has 0 aromatic heterocycles. The number of benzene rings is 1. The maximum absolute atomic E-state index is 14.5. The summed E-state index contributed by atoms with van der Waals surface area (Å²) in [5, 5.41) is 44.2. The first-order valence-electron chi connectivity index (χ1n) is 12.5. The Morgan fingerprint density at radius 3 is 2.35 bits per heavy atom. The highest BCUT2D eigenvalue weighted by Crippen LogP contribution is 2.58. The van der Waals surface area contributed by atoms with Crippen LogP contribution in [-0.4, -0.2) is 77.4 Å². The Kier molecular flexibility index (Phi) is 6.67. The summed E-state index contributed by atoms with van der Waals surface area (Å²) < 4.78 is 0. The van der Waals surface area contributed by atoms with Gasteiger partial charge in [0.15, 0.2) is 5.78 Å². The normalized spacial score (nSPS) is 29.6. The SMILES string of the molecule is CC(C)c1ccc(N(C)C)c2c1C(O)=C1C(=O)C3(C=CO)C(O)C(C(N)=O)=C(O)C(N(C)C)C3CC1C2. The largest absolute Gasteiger partial charge is 0.516 e. The molecule has 0 saturated heterocycles. The van der Waals surface area contributed by atoms with Crippen LogP contribution in [0, 0.1) is 17.3 Å². The van der Waals surface area contributed by atoms with Crippen molar-refractivity contribution in [1.29, 1.82) is 0 Å². The molecule has 0 aliphatic heterocycles. The predicted octanol–water partition coefficient (Wildman–Crippen LogP) is 2.57. The third-order valence-corrected chi connectivity index (χ3v) is 8.40. The molecule has 0 radical (unpaired) electrons. The van der Waals surface area contributed by atoms with Gasteiger partial charge in [-0.25, -0.2) is 0 Å². The summed E-state index contributed by atoms with van der Waals surface area (Å²) in [5.74, 6) is -3.20. The van der Waals surface area contributed by atoms with Crippen LogP contribution < -0.4 is 10.6 Å². The Balaban J connectivity index is 2.05. The molecule has 0 heterocycles. The quantitative estimate of drug-likeness (QED) is 0.379. The zero-order valence-electron chi connectivity index (χ0n) is 22.2. The van der Waals surface area contributed by atoms with Crippen LogP contribution in [0.15, 0.2) is 41.4 Å². The van der Waals surface area contributed by atoms with Crippen LogP contribution in [-0.2, 0) is 16.0 Å². The Morgan fingerprint density at radius 1 is 1.19 bits per heavy atom. The number of carbonyl (C=O) groups excluding carboxylic acids is 2. The van der Waals surface area contributed by atoms with Gasteiger partial charge in [0, 0.05) is 36.8 Å². The number of hydrogen-bond donors (Lipinski definition) is 5. The van der Waals surface area contributed by atoms with Crippen molar-refractivity contribution in [2.45, 2.75) is 44.8 Å². The van der Waals surface area contributed by atoms with Gasteiger partial charge in [0.2, 0.25) is 0 Å². The summed E-state index contributed by atoms with van der Waals surface area (Å²) in [4.78, 5) is 30.5. The number of fused-ring (bicyclic) bond motifs is 3. The molecule has 200 valence electrons. The van der Waals surface area contributed by atoms with Crippen molar-refractivity contribution in [2.24, 2.45) is 23.0 Å². The number of hydrogen-bond acceptors (Lipinski definition) is 8. The van der Waals surface area contributed by atoms with Gasteiger partial charge in [-0.3, -0.25) is 14.5 Å². The predicted molar refractivity (Wildman–Crippen MR) is 141 cm³/mol. The number of nitrogens with zero attached hydrogens (tertiary/aromatic N) is 2. The van der Waals surface area contributed by atoms with Gasteiger partial charge < -0.3 is 31.1 Å². The molecular weight excluding hydrogens is 474 g/mol. The number of ketones is 1. The highest BCUT2D eigenvalue weighted by Gasteiger charge is 2.64. The van der Waals surface area contributed by atoms with Crippen LogP contribution in [0.25, 0.3) is 5.76 Å². The number of likely N-dealkylation sites (N-methyl/N-ethyl adjacent to an activating group) is 1. The first-order chi connectivity index (χ1) is 17.3. The number of amides is 1. The van der Waals surface area contributed by atoms with Crippen molar-refractivity contribution in [3.05, 3.63) is 58.1 Å². The number of aliphatic hydroxyl groups excluding tert-OH is 4. The van der Waals surface area contributed by atoms with Crippen LogP contribution in [0.2, 0.25) is 0 Å². The lowest BCUT2D eigenvalue weighted by atomic mass is 9.50. The Morgan fingerprint density at radius 2 is 1.84 bits per heavy atom. The zero-order chi connectivity index (χ0) is 27.6. The molecule has 3 aliphatic carbocycles. The van der Waals surface area contributed by atoms with Crippen molar-refractivity contribution >= 4 is 23.1 Å². The number of aliphatic hydroxyl groups is 4. The van der Waals surface area contributed by atoms with E-state index in [0.717, 1.165) is 16.8 Å². The number of nitrogens with two attached hydrogens (primary N) is 1. The average Bonchev–Trinajstić information content (AvgIpc) is 2.79. The molecule has 5 unspecified atom stereocenters. The van der Waals surface area contributed by atoms with Crippen LogP contribution in [0.1, 0.15) is 42.9 Å². The second-order valence-corrected chi connectivity index (χ2v) is 11.1. The average molecular weight is 512 g/mol. The molecule has 1 fully saturated rings. The third kappa shape index (κ3) is 3.67. The lowest BCUT2D eigenvalue weighted by molar-refractivity contribution is -0.140. The number of Topliss-reactive ketones (excluding diaryl/α,β-unsaturated/α-hetero) is 1. The molecule has 9 heteroatoms. The highest BCUT2D eigenvalue weighted by atomic mass is 16.3. The van der Waals surface area contributed by atoms with E-state index in [4.69, 9.17) is 5.73 Å². The van der Waals surface area contributed by atoms with Crippen LogP contribution >= 0.6 is 0 Å². The van der Waals surface area contributed by atoms with E-state index < -0.39 is 46.7 Å². The summed E-state index contributed by atoms with van der Waals surface area (Å²) in [5.41, 5.74) is 6.84. The Bertz CT molecular complexity index is 1240. The minimum atomic E-state index is -1.81. The van der Waals surface area contributed by atoms with Gasteiger partial charge in [0.05, 0.1) is 23.3 Å². The number of rotatable bonds is 5. The van der Waals surface area contributed by atoms with E-state index in [-0.39, 0.29) is 23.0 Å². The van der Waals surface area contributed by atoms with Gasteiger partial charge >= 0.3 is 0 Å². The number of anilines is 1. The van der Waals surface area contributed by atoms with Crippen molar-refractivity contribution in [3.63, 3.8) is 0 Å². The van der Waals surface area contributed by atoms with Crippen LogP contribution in [0.3, 0.4) is 0 Å². The Hall–Kier alpha value is -3.30. The van der Waals surface area contributed by atoms with E-state index in [1.54, 1.807) is 19.0 Å². The van der Waals surface area contributed by atoms with Gasteiger partial charge in [0.1, 0.15) is 17.6 Å². The summed E-state index contributed by atoms with van der Waals surface area (Å²) in [6.45, 7) is 4.03. The molecule has 4 rings (SSSR count). The van der Waals surface area contributed by atoms with E-state index in [2.05, 4.69) is 0 Å². The van der Waals surface area contributed by atoms with E-state index in [1.165, 1.54) is 6.08 Å². The molecule has 0 spiro atoms. The van der Waals surface area contributed by atoms with E-state index in [0.29, 0.717) is 24.7 Å². The molecule has 37 heavy (non-hydrogen) atoms. The first-order valence-corrected chi connectivity index (χ1v) is 12.5. The maximum Gasteiger partial charge on any atom is 0.250 e. The van der Waals surface area contributed by atoms with Gasteiger partial charge in [-0.05, 0) is 62.0 Å². The second-order valence-electron chi connectivity index (χ2n) is 11.1. The summed E-state index contributed by atoms with van der Waals surface area (Å²) in [6, 6.07) is 3.15. The van der Waals surface area contributed by atoms with Crippen molar-refractivity contribution in [1.82, 2.24) is 4.90 Å². The molecule has 1 saturated carbocycles. The standard InChI is InChI=1S/C28H37N3O6/c1-13(2)15-7-8-18(30(3)4)16-11-14-12-17-22(31(5)6)24(34)21(27(29)37)26(36)28(17,9-10-32)25(35)19(14)23(33)20(15)16/h7-10,13-14,17,22,26,32-34,36H,11-12H2,1-6H3,(H2,29,37). The summed E-state index contributed by atoms with van der Waals surface area (Å²) in [6.07, 6.45) is 0.849. The van der Waals surface area contributed by atoms with E-state index >= 15 is 0 Å². The molecule has 3 aliphatic rings. The lowest BCUT2D eigenvalue weighted by Crippen LogP contribution is -2.63. The first kappa shape index (κ1) is 26.8. The fourth-order valence-corrected chi connectivity index (χ4v) is 6.84. The highest BCUT2D eigenvalue weighted by molar-refractivity contribution is 6.10. The fraction of sp³-hybridized carbons (Fsp3) is 0.500. The number of carbonyl (C=O) groups is 2. The molecule has 9 nitrogen and oxygen atoms in total. The minimum absolute atomic E-state index is 0.0711. The summed E-state index contributed by atoms with van der Waals surface area (Å²) in [7, 11) is 7.26. The molecule has 0 bridgehead atoms. The topological polar surface area (TPSA) is 148 Å². The molecule has 5 atom stereocenters. The zero-order valence-corrected chi connectivity index (χ0v) is 22.2. The van der Waals surface area contributed by atoms with Gasteiger partial charge in [-0.15, -0.1) is 0 Å². The smallest absolute Gasteiger partial charge is 0.250 e. The number of primary amides is 1. The third-order valence-electron chi connectivity index (χ3n) is 8.40.